The number of nitrogens with one attached hydrogen (secondary N) is 2. The molecule has 1 amide bonds. The highest BCUT2D eigenvalue weighted by Crippen LogP contribution is 2.36. The molecule has 4 aromatic rings. The maximum Gasteiger partial charge on any atom is 0.341 e. The van der Waals surface area contributed by atoms with Crippen LogP contribution in [0.3, 0.4) is 0 Å². The molecule has 0 aliphatic heterocycles. The van der Waals surface area contributed by atoms with E-state index in [9.17, 15) is 9.59 Å². The molecular weight excluding hydrogens is 472 g/mol. The fourth-order valence-corrected chi connectivity index (χ4v) is 4.80. The summed E-state index contributed by atoms with van der Waals surface area (Å²) in [4.78, 5) is 26.5. The van der Waals surface area contributed by atoms with Crippen LogP contribution >= 0.6 is 11.3 Å². The highest BCUT2D eigenvalue weighted by atomic mass is 32.1. The first-order chi connectivity index (χ1) is 17.6. The first-order valence-corrected chi connectivity index (χ1v) is 12.5. The Morgan fingerprint density at radius 1 is 0.917 bits per heavy atom. The van der Waals surface area contributed by atoms with Gasteiger partial charge in [0.1, 0.15) is 22.4 Å². The molecule has 0 saturated carbocycles. The van der Waals surface area contributed by atoms with Gasteiger partial charge in [-0.2, -0.15) is 0 Å². The topological polar surface area (TPSA) is 76.7 Å². The molecular formula is C29H28N2O4S. The van der Waals surface area contributed by atoms with Gasteiger partial charge in [0, 0.05) is 17.5 Å². The molecule has 3 aromatic carbocycles. The quantitative estimate of drug-likeness (QED) is 0.259. The van der Waals surface area contributed by atoms with Crippen LogP contribution in [0.25, 0.3) is 11.1 Å². The zero-order valence-electron chi connectivity index (χ0n) is 20.2. The minimum atomic E-state index is -0.634. The molecule has 0 fully saturated rings. The minimum absolute atomic E-state index is 0.242. The second-order valence-corrected chi connectivity index (χ2v) is 8.88. The molecule has 1 atom stereocenters. The van der Waals surface area contributed by atoms with Gasteiger partial charge in [-0.3, -0.25) is 10.1 Å². The Labute approximate surface area is 214 Å². The van der Waals surface area contributed by atoms with Crippen molar-refractivity contribution in [2.75, 3.05) is 19.0 Å². The van der Waals surface area contributed by atoms with E-state index in [-0.39, 0.29) is 12.5 Å². The van der Waals surface area contributed by atoms with E-state index >= 15 is 0 Å². The van der Waals surface area contributed by atoms with E-state index in [1.54, 1.807) is 14.0 Å². The summed E-state index contributed by atoms with van der Waals surface area (Å²) in [5, 5.41) is 8.68. The maximum absolute atomic E-state index is 13.6. The molecule has 2 N–H and O–H groups in total. The average Bonchev–Trinajstić information content (AvgIpc) is 3.34. The van der Waals surface area contributed by atoms with Gasteiger partial charge in [-0.15, -0.1) is 11.3 Å². The fraction of sp³-hybridized carbons (Fsp3) is 0.172. The Balaban J connectivity index is 1.61. The Morgan fingerprint density at radius 3 is 2.22 bits per heavy atom. The van der Waals surface area contributed by atoms with Gasteiger partial charge in [-0.1, -0.05) is 72.8 Å². The van der Waals surface area contributed by atoms with Crippen LogP contribution in [-0.2, 0) is 16.1 Å². The highest BCUT2D eigenvalue weighted by molar-refractivity contribution is 7.15. The van der Waals surface area contributed by atoms with Gasteiger partial charge in [0.05, 0.1) is 13.7 Å². The smallest absolute Gasteiger partial charge is 0.341 e. The fourth-order valence-electron chi connectivity index (χ4n) is 3.84. The van der Waals surface area contributed by atoms with Gasteiger partial charge < -0.3 is 14.8 Å². The maximum atomic E-state index is 13.6. The van der Waals surface area contributed by atoms with Crippen molar-refractivity contribution in [2.24, 2.45) is 0 Å². The van der Waals surface area contributed by atoms with Crippen LogP contribution in [0.5, 0.6) is 5.75 Å². The van der Waals surface area contributed by atoms with Crippen molar-refractivity contribution in [1.82, 2.24) is 5.32 Å². The Kier molecular flexibility index (Phi) is 8.49. The number of carbonyl (C=O) groups excluding carboxylic acids is 2. The van der Waals surface area contributed by atoms with Crippen LogP contribution in [0.15, 0.2) is 90.3 Å². The summed E-state index contributed by atoms with van der Waals surface area (Å²) in [5.41, 5.74) is 3.81. The highest BCUT2D eigenvalue weighted by Gasteiger charge is 2.26. The summed E-state index contributed by atoms with van der Waals surface area (Å²) in [6, 6.07) is 26.2. The lowest BCUT2D eigenvalue weighted by Gasteiger charge is -2.19. The number of rotatable bonds is 10. The van der Waals surface area contributed by atoms with E-state index in [0.717, 1.165) is 28.0 Å². The molecule has 0 aliphatic carbocycles. The van der Waals surface area contributed by atoms with Crippen molar-refractivity contribution in [3.8, 4) is 16.9 Å². The third-order valence-electron chi connectivity index (χ3n) is 5.66. The monoisotopic (exact) mass is 500 g/mol. The molecule has 0 aliphatic rings. The molecule has 1 unspecified atom stereocenters. The summed E-state index contributed by atoms with van der Waals surface area (Å²) < 4.78 is 10.6. The first-order valence-electron chi connectivity index (χ1n) is 11.7. The number of benzene rings is 3. The van der Waals surface area contributed by atoms with Crippen molar-refractivity contribution in [3.63, 3.8) is 0 Å². The number of esters is 1. The van der Waals surface area contributed by atoms with E-state index in [2.05, 4.69) is 10.6 Å². The third kappa shape index (κ3) is 6.00. The van der Waals surface area contributed by atoms with E-state index in [1.807, 2.05) is 90.3 Å². The summed E-state index contributed by atoms with van der Waals surface area (Å²) >= 11 is 1.31. The summed E-state index contributed by atoms with van der Waals surface area (Å²) in [5.74, 6) is 0.0478. The minimum Gasteiger partial charge on any atom is -0.497 e. The molecule has 36 heavy (non-hydrogen) atoms. The van der Waals surface area contributed by atoms with Gasteiger partial charge in [-0.05, 0) is 35.7 Å². The Morgan fingerprint density at radius 2 is 1.58 bits per heavy atom. The van der Waals surface area contributed by atoms with Gasteiger partial charge in [0.2, 0.25) is 5.91 Å². The number of carbonyl (C=O) groups is 2. The number of thiophene rings is 1. The van der Waals surface area contributed by atoms with Gasteiger partial charge in [0.25, 0.3) is 0 Å². The Bertz CT molecular complexity index is 1290. The van der Waals surface area contributed by atoms with E-state index in [1.165, 1.54) is 11.3 Å². The lowest BCUT2D eigenvalue weighted by atomic mass is 10.0. The predicted molar refractivity (Wildman–Crippen MR) is 143 cm³/mol. The van der Waals surface area contributed by atoms with E-state index in [0.29, 0.717) is 17.1 Å². The van der Waals surface area contributed by atoms with Crippen LogP contribution in [0.4, 0.5) is 5.00 Å². The lowest BCUT2D eigenvalue weighted by Crippen LogP contribution is -2.33. The zero-order chi connectivity index (χ0) is 25.3. The van der Waals surface area contributed by atoms with Gasteiger partial charge >= 0.3 is 5.97 Å². The van der Waals surface area contributed by atoms with Crippen LogP contribution in [-0.4, -0.2) is 25.6 Å². The number of methoxy groups -OCH3 is 1. The normalized spacial score (nSPS) is 11.5. The van der Waals surface area contributed by atoms with Crippen molar-refractivity contribution in [3.05, 3.63) is 107 Å². The number of ether oxygens (including phenoxy) is 2. The lowest BCUT2D eigenvalue weighted by molar-refractivity contribution is -0.118. The summed E-state index contributed by atoms with van der Waals surface area (Å²) in [6.07, 6.45) is 0. The number of hydrogen-bond acceptors (Lipinski definition) is 6. The third-order valence-corrected chi connectivity index (χ3v) is 6.55. The van der Waals surface area contributed by atoms with Gasteiger partial charge in [-0.25, -0.2) is 4.79 Å². The van der Waals surface area contributed by atoms with Crippen LogP contribution in [0, 0.1) is 0 Å². The molecule has 6 nitrogen and oxygen atoms in total. The van der Waals surface area contributed by atoms with Gasteiger partial charge in [0.15, 0.2) is 0 Å². The molecule has 184 valence electrons. The average molecular weight is 501 g/mol. The van der Waals surface area contributed by atoms with Crippen LogP contribution in [0.1, 0.15) is 34.5 Å². The van der Waals surface area contributed by atoms with Crippen molar-refractivity contribution in [2.45, 2.75) is 19.5 Å². The van der Waals surface area contributed by atoms with Crippen molar-refractivity contribution >= 4 is 28.2 Å². The standard InChI is InChI=1S/C29H28N2O4S/c1-3-35-29(33)25-24(21-10-6-4-7-11-21)19-36-28(25)31-27(32)26(22-12-8-5-9-13-22)30-18-20-14-16-23(34-2)17-15-20/h4-17,19,26,30H,3,18H2,1-2H3,(H,31,32). The number of hydrogen-bond donors (Lipinski definition) is 2. The number of anilines is 1. The van der Waals surface area contributed by atoms with Crippen molar-refractivity contribution < 1.29 is 19.1 Å². The molecule has 1 aromatic heterocycles. The molecule has 0 spiro atoms. The number of amides is 1. The first kappa shape index (κ1) is 25.2. The Hall–Kier alpha value is -3.94. The molecule has 0 bridgehead atoms. The molecule has 7 heteroatoms. The summed E-state index contributed by atoms with van der Waals surface area (Å²) in [6.45, 7) is 2.48. The van der Waals surface area contributed by atoms with Crippen LogP contribution < -0.4 is 15.4 Å². The zero-order valence-corrected chi connectivity index (χ0v) is 21.0. The predicted octanol–water partition coefficient (Wildman–Crippen LogP) is 6.07. The molecule has 0 saturated heterocycles. The van der Waals surface area contributed by atoms with E-state index < -0.39 is 12.0 Å². The second kappa shape index (κ2) is 12.2. The molecule has 4 rings (SSSR count). The SMILES string of the molecule is CCOC(=O)c1c(-c2ccccc2)csc1NC(=O)C(NCc1ccc(OC)cc1)c1ccccc1. The second-order valence-electron chi connectivity index (χ2n) is 8.00. The molecule has 1 heterocycles. The van der Waals surface area contributed by atoms with Crippen LogP contribution in [0.2, 0.25) is 0 Å². The van der Waals surface area contributed by atoms with Crippen molar-refractivity contribution in [1.29, 1.82) is 0 Å². The summed E-state index contributed by atoms with van der Waals surface area (Å²) in [7, 11) is 1.63. The largest absolute Gasteiger partial charge is 0.497 e. The molecule has 0 radical (unpaired) electrons. The van der Waals surface area contributed by atoms with E-state index in [4.69, 9.17) is 9.47 Å².